The van der Waals surface area contributed by atoms with Gasteiger partial charge in [0.15, 0.2) is 0 Å². The van der Waals surface area contributed by atoms with E-state index in [1.807, 2.05) is 12.1 Å². The summed E-state index contributed by atoms with van der Waals surface area (Å²) in [6.45, 7) is 6.55. The fourth-order valence-electron chi connectivity index (χ4n) is 3.54. The van der Waals surface area contributed by atoms with Gasteiger partial charge in [0.25, 0.3) is 0 Å². The number of fused-ring (bicyclic) bond motifs is 1. The first-order valence-electron chi connectivity index (χ1n) is 6.57. The molecule has 94 valence electrons. The molecule has 2 heterocycles. The molecule has 3 rings (SSSR count). The first-order chi connectivity index (χ1) is 8.19. The van der Waals surface area contributed by atoms with Gasteiger partial charge in [-0.15, -0.1) is 0 Å². The Bertz CT molecular complexity index is 372. The van der Waals surface area contributed by atoms with Crippen LogP contribution in [0.5, 0.6) is 0 Å². The molecule has 17 heavy (non-hydrogen) atoms. The lowest BCUT2D eigenvalue weighted by molar-refractivity contribution is -0.112. The van der Waals surface area contributed by atoms with Gasteiger partial charge in [-0.25, -0.2) is 0 Å². The molecule has 0 aromatic carbocycles. The van der Waals surface area contributed by atoms with Gasteiger partial charge in [-0.2, -0.15) is 0 Å². The second-order valence-electron chi connectivity index (χ2n) is 5.83. The lowest BCUT2D eigenvalue weighted by Gasteiger charge is -2.55. The molecule has 1 N–H and O–H groups in total. The van der Waals surface area contributed by atoms with Crippen LogP contribution in [0.4, 0.5) is 0 Å². The van der Waals surface area contributed by atoms with E-state index in [1.54, 1.807) is 6.26 Å². The Kier molecular flexibility index (Phi) is 2.75. The predicted molar refractivity (Wildman–Crippen MR) is 65.8 cm³/mol. The van der Waals surface area contributed by atoms with Gasteiger partial charge in [0.1, 0.15) is 5.76 Å². The van der Waals surface area contributed by atoms with E-state index in [0.717, 1.165) is 31.3 Å². The molecule has 1 aromatic rings. The smallest absolute Gasteiger partial charge is 0.105 e. The number of furan rings is 1. The summed E-state index contributed by atoms with van der Waals surface area (Å²) < 4.78 is 11.1. The van der Waals surface area contributed by atoms with Gasteiger partial charge < -0.3 is 14.5 Å². The van der Waals surface area contributed by atoms with Gasteiger partial charge in [-0.05, 0) is 18.6 Å². The number of nitrogens with one attached hydrogen (secondary N) is 1. The summed E-state index contributed by atoms with van der Waals surface area (Å²) in [5.41, 5.74) is 0.282. The Morgan fingerprint density at radius 2 is 2.35 bits per heavy atom. The molecule has 1 aromatic heterocycles. The van der Waals surface area contributed by atoms with E-state index in [2.05, 4.69) is 19.2 Å². The standard InChI is InChI=1S/C14H21NO2/c1-14(2)12(11-6-9-17-13(11)14)15-7-5-10-4-3-8-16-10/h3-4,8,11-13,15H,5-7,9H2,1-2H3. The second-order valence-corrected chi connectivity index (χ2v) is 5.83. The minimum atomic E-state index is 0.282. The summed E-state index contributed by atoms with van der Waals surface area (Å²) >= 11 is 0. The molecule has 1 aliphatic carbocycles. The molecule has 2 aliphatic rings. The van der Waals surface area contributed by atoms with Gasteiger partial charge in [0.2, 0.25) is 0 Å². The molecule has 1 saturated heterocycles. The quantitative estimate of drug-likeness (QED) is 0.869. The van der Waals surface area contributed by atoms with Crippen molar-refractivity contribution in [3.63, 3.8) is 0 Å². The molecular weight excluding hydrogens is 214 g/mol. The van der Waals surface area contributed by atoms with Crippen molar-refractivity contribution in [2.24, 2.45) is 11.3 Å². The third kappa shape index (κ3) is 1.81. The molecule has 1 saturated carbocycles. The molecule has 0 amide bonds. The molecule has 3 atom stereocenters. The first-order valence-corrected chi connectivity index (χ1v) is 6.57. The monoisotopic (exact) mass is 235 g/mol. The van der Waals surface area contributed by atoms with Crippen molar-refractivity contribution in [1.29, 1.82) is 0 Å². The molecular formula is C14H21NO2. The van der Waals surface area contributed by atoms with Crippen molar-refractivity contribution in [1.82, 2.24) is 5.32 Å². The summed E-state index contributed by atoms with van der Waals surface area (Å²) in [6.07, 6.45) is 4.40. The maximum Gasteiger partial charge on any atom is 0.105 e. The highest BCUT2D eigenvalue weighted by Gasteiger charge is 2.58. The van der Waals surface area contributed by atoms with Crippen molar-refractivity contribution in [2.45, 2.75) is 38.8 Å². The van der Waals surface area contributed by atoms with Crippen molar-refractivity contribution >= 4 is 0 Å². The van der Waals surface area contributed by atoms with E-state index in [1.165, 1.54) is 6.42 Å². The Labute approximate surface area is 103 Å². The molecule has 0 bridgehead atoms. The van der Waals surface area contributed by atoms with Crippen LogP contribution < -0.4 is 5.32 Å². The normalized spacial score (nSPS) is 34.4. The Morgan fingerprint density at radius 1 is 1.47 bits per heavy atom. The number of hydrogen-bond acceptors (Lipinski definition) is 3. The van der Waals surface area contributed by atoms with Crippen LogP contribution in [-0.2, 0) is 11.2 Å². The Balaban J connectivity index is 1.52. The average molecular weight is 235 g/mol. The average Bonchev–Trinajstić information content (AvgIpc) is 2.94. The van der Waals surface area contributed by atoms with E-state index >= 15 is 0 Å². The third-order valence-electron chi connectivity index (χ3n) is 4.42. The molecule has 3 unspecified atom stereocenters. The second kappa shape index (κ2) is 4.14. The molecule has 0 radical (unpaired) electrons. The zero-order chi connectivity index (χ0) is 11.9. The minimum Gasteiger partial charge on any atom is -0.469 e. The zero-order valence-corrected chi connectivity index (χ0v) is 10.6. The molecule has 3 heteroatoms. The van der Waals surface area contributed by atoms with E-state index in [-0.39, 0.29) is 5.41 Å². The number of hydrogen-bond donors (Lipinski definition) is 1. The van der Waals surface area contributed by atoms with Crippen LogP contribution in [0.1, 0.15) is 26.0 Å². The van der Waals surface area contributed by atoms with E-state index < -0.39 is 0 Å². The molecule has 1 aliphatic heterocycles. The fourth-order valence-corrected chi connectivity index (χ4v) is 3.54. The van der Waals surface area contributed by atoms with Gasteiger partial charge >= 0.3 is 0 Å². The summed E-state index contributed by atoms with van der Waals surface area (Å²) in [4.78, 5) is 0. The summed E-state index contributed by atoms with van der Waals surface area (Å²) in [7, 11) is 0. The van der Waals surface area contributed by atoms with E-state index in [9.17, 15) is 0 Å². The summed E-state index contributed by atoms with van der Waals surface area (Å²) in [5, 5.41) is 3.68. The van der Waals surface area contributed by atoms with Crippen molar-refractivity contribution in [2.75, 3.05) is 13.2 Å². The summed E-state index contributed by atoms with van der Waals surface area (Å²) in [5.74, 6) is 1.79. The van der Waals surface area contributed by atoms with E-state index in [0.29, 0.717) is 12.1 Å². The lowest BCUT2D eigenvalue weighted by atomic mass is 9.57. The predicted octanol–water partition coefficient (Wildman–Crippen LogP) is 2.23. The highest BCUT2D eigenvalue weighted by Crippen LogP contribution is 2.51. The van der Waals surface area contributed by atoms with Crippen molar-refractivity contribution < 1.29 is 9.15 Å². The van der Waals surface area contributed by atoms with Gasteiger partial charge in [0, 0.05) is 36.9 Å². The minimum absolute atomic E-state index is 0.282. The van der Waals surface area contributed by atoms with Crippen LogP contribution in [0.2, 0.25) is 0 Å². The molecule has 2 fully saturated rings. The van der Waals surface area contributed by atoms with Crippen LogP contribution in [0.25, 0.3) is 0 Å². The lowest BCUT2D eigenvalue weighted by Crippen LogP contribution is -2.66. The maximum atomic E-state index is 5.79. The summed E-state index contributed by atoms with van der Waals surface area (Å²) in [6, 6.07) is 4.59. The van der Waals surface area contributed by atoms with Gasteiger partial charge in [-0.3, -0.25) is 0 Å². The topological polar surface area (TPSA) is 34.4 Å². The third-order valence-corrected chi connectivity index (χ3v) is 4.42. The van der Waals surface area contributed by atoms with Gasteiger partial charge in [-0.1, -0.05) is 13.8 Å². The van der Waals surface area contributed by atoms with Crippen LogP contribution in [0.15, 0.2) is 22.8 Å². The van der Waals surface area contributed by atoms with Crippen molar-refractivity contribution in [3.05, 3.63) is 24.2 Å². The van der Waals surface area contributed by atoms with Crippen LogP contribution in [-0.4, -0.2) is 25.3 Å². The number of ether oxygens (including phenoxy) is 1. The highest BCUT2D eigenvalue weighted by molar-refractivity contribution is 5.11. The van der Waals surface area contributed by atoms with Crippen LogP contribution in [0.3, 0.4) is 0 Å². The zero-order valence-electron chi connectivity index (χ0n) is 10.6. The Hall–Kier alpha value is -0.800. The maximum absolute atomic E-state index is 5.79. The highest BCUT2D eigenvalue weighted by atomic mass is 16.5. The first kappa shape index (κ1) is 11.3. The SMILES string of the molecule is CC1(C)C(NCCc2ccco2)C2CCOC21. The largest absolute Gasteiger partial charge is 0.469 e. The van der Waals surface area contributed by atoms with Crippen molar-refractivity contribution in [3.8, 4) is 0 Å². The van der Waals surface area contributed by atoms with Crippen LogP contribution in [0, 0.1) is 11.3 Å². The van der Waals surface area contributed by atoms with Crippen LogP contribution >= 0.6 is 0 Å². The van der Waals surface area contributed by atoms with E-state index in [4.69, 9.17) is 9.15 Å². The van der Waals surface area contributed by atoms with Gasteiger partial charge in [0.05, 0.1) is 12.4 Å². The molecule has 3 nitrogen and oxygen atoms in total. The number of rotatable bonds is 4. The molecule has 0 spiro atoms. The Morgan fingerprint density at radius 3 is 3.12 bits per heavy atom. The fraction of sp³-hybridized carbons (Fsp3) is 0.714.